The van der Waals surface area contributed by atoms with Gasteiger partial charge >= 0.3 is 0 Å². The molecular weight excluding hydrogens is 274 g/mol. The third-order valence-corrected chi connectivity index (χ3v) is 3.25. The third-order valence-electron chi connectivity index (χ3n) is 3.25. The first-order chi connectivity index (χ1) is 10.8. The van der Waals surface area contributed by atoms with Gasteiger partial charge in [0.1, 0.15) is 6.61 Å². The second-order valence-electron chi connectivity index (χ2n) is 4.79. The minimum atomic E-state index is 0.452. The van der Waals surface area contributed by atoms with Crippen LogP contribution in [0.4, 0.5) is 5.69 Å². The summed E-state index contributed by atoms with van der Waals surface area (Å²) in [7, 11) is 1.63. The topological polar surface area (TPSA) is 30.8 Å². The predicted octanol–water partition coefficient (Wildman–Crippen LogP) is 4.57. The van der Waals surface area contributed by atoms with E-state index in [1.54, 1.807) is 13.2 Å². The van der Waals surface area contributed by atoms with Crippen LogP contribution in [-0.2, 0) is 6.42 Å². The number of ether oxygens (including phenoxy) is 2. The van der Waals surface area contributed by atoms with Gasteiger partial charge in [0.15, 0.2) is 11.5 Å². The fourth-order valence-corrected chi connectivity index (χ4v) is 2.00. The molecule has 0 aliphatic carbocycles. The minimum absolute atomic E-state index is 0.452. The van der Waals surface area contributed by atoms with Gasteiger partial charge in [0, 0.05) is 6.21 Å². The second kappa shape index (κ2) is 8.03. The van der Waals surface area contributed by atoms with Gasteiger partial charge in [-0.1, -0.05) is 31.7 Å². The van der Waals surface area contributed by atoms with Crippen molar-refractivity contribution in [2.24, 2.45) is 4.99 Å². The van der Waals surface area contributed by atoms with Gasteiger partial charge < -0.3 is 9.47 Å². The summed E-state index contributed by atoms with van der Waals surface area (Å²) in [5, 5.41) is 0. The van der Waals surface area contributed by atoms with Crippen LogP contribution < -0.4 is 9.47 Å². The summed E-state index contributed by atoms with van der Waals surface area (Å²) in [6.07, 6.45) is 4.56. The highest BCUT2D eigenvalue weighted by Crippen LogP contribution is 2.27. The molecule has 0 aromatic heterocycles. The zero-order valence-electron chi connectivity index (χ0n) is 13.1. The smallest absolute Gasteiger partial charge is 0.161 e. The normalized spacial score (nSPS) is 10.6. The number of methoxy groups -OCH3 is 1. The summed E-state index contributed by atoms with van der Waals surface area (Å²) in [5.41, 5.74) is 3.20. The fraction of sp³-hybridized carbons (Fsp3) is 0.211. The molecule has 0 amide bonds. The summed E-state index contributed by atoms with van der Waals surface area (Å²) in [6.45, 7) is 6.23. The molecule has 114 valence electrons. The lowest BCUT2D eigenvalue weighted by atomic mass is 10.1. The van der Waals surface area contributed by atoms with Crippen LogP contribution in [0.3, 0.4) is 0 Å². The summed E-state index contributed by atoms with van der Waals surface area (Å²) < 4.78 is 10.9. The van der Waals surface area contributed by atoms with Gasteiger partial charge in [-0.25, -0.2) is 0 Å². The molecule has 2 aromatic carbocycles. The van der Waals surface area contributed by atoms with Crippen LogP contribution in [0.2, 0.25) is 0 Å². The molecule has 0 spiro atoms. The van der Waals surface area contributed by atoms with Crippen LogP contribution in [0.25, 0.3) is 0 Å². The monoisotopic (exact) mass is 295 g/mol. The first-order valence-corrected chi connectivity index (χ1v) is 7.31. The van der Waals surface area contributed by atoms with E-state index >= 15 is 0 Å². The number of nitrogens with zero attached hydrogens (tertiary/aromatic N) is 1. The number of benzene rings is 2. The van der Waals surface area contributed by atoms with Crippen LogP contribution in [0.1, 0.15) is 18.1 Å². The number of rotatable bonds is 7. The van der Waals surface area contributed by atoms with Crippen LogP contribution in [-0.4, -0.2) is 19.9 Å². The predicted molar refractivity (Wildman–Crippen MR) is 91.8 cm³/mol. The molecule has 2 aromatic rings. The van der Waals surface area contributed by atoms with Crippen LogP contribution in [0, 0.1) is 0 Å². The Morgan fingerprint density at radius 2 is 1.86 bits per heavy atom. The molecule has 3 heteroatoms. The Labute approximate surface area is 131 Å². The molecular formula is C19H21NO2. The van der Waals surface area contributed by atoms with Crippen molar-refractivity contribution < 1.29 is 9.47 Å². The number of aliphatic imine (C=N–C) groups is 1. The average molecular weight is 295 g/mol. The SMILES string of the molecule is C=CCOc1ccc(C=Nc2ccc(CC)cc2)cc1OC. The number of aryl methyl sites for hydroxylation is 1. The van der Waals surface area contributed by atoms with E-state index in [1.807, 2.05) is 36.5 Å². The molecule has 3 nitrogen and oxygen atoms in total. The summed E-state index contributed by atoms with van der Waals surface area (Å²) in [4.78, 5) is 4.48. The Balaban J connectivity index is 2.14. The zero-order chi connectivity index (χ0) is 15.8. The molecule has 0 radical (unpaired) electrons. The second-order valence-corrected chi connectivity index (χ2v) is 4.79. The molecule has 22 heavy (non-hydrogen) atoms. The first-order valence-electron chi connectivity index (χ1n) is 7.31. The largest absolute Gasteiger partial charge is 0.493 e. The van der Waals surface area contributed by atoms with Crippen molar-refractivity contribution >= 4 is 11.9 Å². The van der Waals surface area contributed by atoms with E-state index in [1.165, 1.54) is 5.56 Å². The summed E-state index contributed by atoms with van der Waals surface area (Å²) in [6, 6.07) is 14.0. The van der Waals surface area contributed by atoms with Crippen molar-refractivity contribution in [1.29, 1.82) is 0 Å². The first kappa shape index (κ1) is 15.8. The lowest BCUT2D eigenvalue weighted by molar-refractivity contribution is 0.326. The standard InChI is InChI=1S/C19H21NO2/c1-4-12-22-18-11-8-16(13-19(18)21-3)14-20-17-9-6-15(5-2)7-10-17/h4,6-11,13-14H,1,5,12H2,2-3H3. The molecule has 0 saturated heterocycles. The van der Waals surface area contributed by atoms with Gasteiger partial charge in [0.25, 0.3) is 0 Å². The maximum Gasteiger partial charge on any atom is 0.161 e. The van der Waals surface area contributed by atoms with E-state index in [0.29, 0.717) is 18.1 Å². The van der Waals surface area contributed by atoms with Gasteiger partial charge in [-0.15, -0.1) is 0 Å². The minimum Gasteiger partial charge on any atom is -0.493 e. The van der Waals surface area contributed by atoms with E-state index in [9.17, 15) is 0 Å². The van der Waals surface area contributed by atoms with Crippen molar-refractivity contribution in [3.05, 3.63) is 66.2 Å². The fourth-order valence-electron chi connectivity index (χ4n) is 2.00. The average Bonchev–Trinajstić information content (AvgIpc) is 2.58. The molecule has 0 bridgehead atoms. The maximum absolute atomic E-state index is 5.53. The van der Waals surface area contributed by atoms with Gasteiger partial charge in [0.2, 0.25) is 0 Å². The Hall–Kier alpha value is -2.55. The van der Waals surface area contributed by atoms with Crippen molar-refractivity contribution in [3.63, 3.8) is 0 Å². The number of hydrogen-bond donors (Lipinski definition) is 0. The molecule has 0 fully saturated rings. The van der Waals surface area contributed by atoms with Gasteiger partial charge in [-0.3, -0.25) is 4.99 Å². The van der Waals surface area contributed by atoms with E-state index in [2.05, 4.69) is 30.6 Å². The molecule has 0 heterocycles. The lowest BCUT2D eigenvalue weighted by Crippen LogP contribution is -1.97. The zero-order valence-corrected chi connectivity index (χ0v) is 13.1. The molecule has 2 rings (SSSR count). The molecule has 0 aliphatic heterocycles. The lowest BCUT2D eigenvalue weighted by Gasteiger charge is -2.09. The van der Waals surface area contributed by atoms with Crippen molar-refractivity contribution in [1.82, 2.24) is 0 Å². The third kappa shape index (κ3) is 4.22. The number of hydrogen-bond acceptors (Lipinski definition) is 3. The van der Waals surface area contributed by atoms with Crippen LogP contribution in [0.15, 0.2) is 60.1 Å². The molecule has 0 saturated carbocycles. The summed E-state index contributed by atoms with van der Waals surface area (Å²) in [5.74, 6) is 1.39. The highest BCUT2D eigenvalue weighted by atomic mass is 16.5. The Kier molecular flexibility index (Phi) is 5.78. The van der Waals surface area contributed by atoms with E-state index in [-0.39, 0.29) is 0 Å². The van der Waals surface area contributed by atoms with Crippen molar-refractivity contribution in [3.8, 4) is 11.5 Å². The van der Waals surface area contributed by atoms with Gasteiger partial charge in [-0.2, -0.15) is 0 Å². The molecule has 0 aliphatic rings. The quantitative estimate of drug-likeness (QED) is 0.553. The van der Waals surface area contributed by atoms with Gasteiger partial charge in [-0.05, 0) is 47.9 Å². The maximum atomic E-state index is 5.53. The van der Waals surface area contributed by atoms with Crippen LogP contribution >= 0.6 is 0 Å². The van der Waals surface area contributed by atoms with Crippen LogP contribution in [0.5, 0.6) is 11.5 Å². The summed E-state index contributed by atoms with van der Waals surface area (Å²) >= 11 is 0. The molecule has 0 unspecified atom stereocenters. The Bertz CT molecular complexity index is 645. The highest BCUT2D eigenvalue weighted by Gasteiger charge is 2.04. The Morgan fingerprint density at radius 3 is 2.50 bits per heavy atom. The van der Waals surface area contributed by atoms with Gasteiger partial charge in [0.05, 0.1) is 12.8 Å². The van der Waals surface area contributed by atoms with E-state index in [4.69, 9.17) is 9.47 Å². The molecule has 0 N–H and O–H groups in total. The highest BCUT2D eigenvalue weighted by molar-refractivity contribution is 5.83. The van der Waals surface area contributed by atoms with Crippen molar-refractivity contribution in [2.45, 2.75) is 13.3 Å². The molecule has 0 atom stereocenters. The van der Waals surface area contributed by atoms with E-state index < -0.39 is 0 Å². The van der Waals surface area contributed by atoms with E-state index in [0.717, 1.165) is 17.7 Å². The Morgan fingerprint density at radius 1 is 1.09 bits per heavy atom. The van der Waals surface area contributed by atoms with Crippen molar-refractivity contribution in [2.75, 3.05) is 13.7 Å².